The van der Waals surface area contributed by atoms with Gasteiger partial charge in [-0.15, -0.1) is 0 Å². The van der Waals surface area contributed by atoms with Crippen molar-refractivity contribution in [1.29, 1.82) is 0 Å². The molecule has 0 saturated carbocycles. The first-order chi connectivity index (χ1) is 11.4. The average Bonchev–Trinajstić information content (AvgIpc) is 2.54. The molecule has 0 heterocycles. The summed E-state index contributed by atoms with van der Waals surface area (Å²) in [6.45, 7) is 0.396. The summed E-state index contributed by atoms with van der Waals surface area (Å²) in [6, 6.07) is 7.01. The lowest BCUT2D eigenvalue weighted by molar-refractivity contribution is -0.132. The number of carboxylic acids is 2. The van der Waals surface area contributed by atoms with Gasteiger partial charge in [0.05, 0.1) is 0 Å². The second kappa shape index (κ2) is 9.57. The summed E-state index contributed by atoms with van der Waals surface area (Å²) < 4.78 is 0. The molecule has 0 bridgehead atoms. The van der Waals surface area contributed by atoms with Crippen LogP contribution in [-0.4, -0.2) is 34.0 Å². The van der Waals surface area contributed by atoms with Crippen LogP contribution in [0.3, 0.4) is 0 Å². The second-order valence-electron chi connectivity index (χ2n) is 4.60. The molecule has 0 spiro atoms. The Labute approximate surface area is 137 Å². The Hall–Kier alpha value is -3.42. The summed E-state index contributed by atoms with van der Waals surface area (Å²) >= 11 is 0. The van der Waals surface area contributed by atoms with E-state index in [2.05, 4.69) is 10.6 Å². The third kappa shape index (κ3) is 8.13. The van der Waals surface area contributed by atoms with Gasteiger partial charge in [0.15, 0.2) is 0 Å². The standard InChI is InChI=1S/C16H16N2O6/c19-13(4-6-15(21)22)17-9-11-2-1-3-12(8-11)10-18-14(20)5-7-16(23)24/h1-8H,9-10H2,(H,17,19)(H,18,20)(H,21,22)(H,23,24). The fourth-order valence-electron chi connectivity index (χ4n) is 1.64. The van der Waals surface area contributed by atoms with E-state index in [0.29, 0.717) is 0 Å². The molecule has 0 unspecified atom stereocenters. The molecule has 1 rings (SSSR count). The quantitative estimate of drug-likeness (QED) is 0.503. The molecule has 0 aliphatic rings. The zero-order valence-corrected chi connectivity index (χ0v) is 12.6. The third-order valence-corrected chi connectivity index (χ3v) is 2.68. The van der Waals surface area contributed by atoms with Crippen LogP contribution in [-0.2, 0) is 32.3 Å². The molecule has 8 nitrogen and oxygen atoms in total. The van der Waals surface area contributed by atoms with E-state index in [0.717, 1.165) is 35.4 Å². The Balaban J connectivity index is 2.52. The van der Waals surface area contributed by atoms with Crippen molar-refractivity contribution in [1.82, 2.24) is 10.6 Å². The molecule has 0 saturated heterocycles. The topological polar surface area (TPSA) is 133 Å². The van der Waals surface area contributed by atoms with E-state index >= 15 is 0 Å². The van der Waals surface area contributed by atoms with E-state index in [4.69, 9.17) is 10.2 Å². The lowest BCUT2D eigenvalue weighted by atomic mass is 10.1. The average molecular weight is 332 g/mol. The van der Waals surface area contributed by atoms with Gasteiger partial charge in [0.25, 0.3) is 0 Å². The first-order valence-corrected chi connectivity index (χ1v) is 6.82. The van der Waals surface area contributed by atoms with Gasteiger partial charge in [-0.1, -0.05) is 24.3 Å². The Morgan fingerprint density at radius 2 is 1.21 bits per heavy atom. The molecule has 2 amide bonds. The highest BCUT2D eigenvalue weighted by molar-refractivity contribution is 5.94. The molecule has 24 heavy (non-hydrogen) atoms. The maximum Gasteiger partial charge on any atom is 0.328 e. The molecule has 0 aliphatic carbocycles. The molecule has 0 aliphatic heterocycles. The van der Waals surface area contributed by atoms with Gasteiger partial charge in [0.2, 0.25) is 11.8 Å². The molecular weight excluding hydrogens is 316 g/mol. The van der Waals surface area contributed by atoms with Gasteiger partial charge >= 0.3 is 11.9 Å². The molecule has 0 radical (unpaired) electrons. The molecule has 0 atom stereocenters. The maximum atomic E-state index is 11.4. The second-order valence-corrected chi connectivity index (χ2v) is 4.60. The molecule has 0 aromatic heterocycles. The first kappa shape index (κ1) is 18.6. The van der Waals surface area contributed by atoms with Crippen molar-refractivity contribution in [2.45, 2.75) is 13.1 Å². The van der Waals surface area contributed by atoms with Gasteiger partial charge in [-0.3, -0.25) is 9.59 Å². The fraction of sp³-hybridized carbons (Fsp3) is 0.125. The van der Waals surface area contributed by atoms with Crippen molar-refractivity contribution < 1.29 is 29.4 Å². The van der Waals surface area contributed by atoms with E-state index < -0.39 is 23.8 Å². The van der Waals surface area contributed by atoms with Crippen LogP contribution < -0.4 is 10.6 Å². The molecule has 1 aromatic carbocycles. The number of amides is 2. The zero-order chi connectivity index (χ0) is 17.9. The Kier molecular flexibility index (Phi) is 7.43. The van der Waals surface area contributed by atoms with E-state index in [1.54, 1.807) is 24.3 Å². The van der Waals surface area contributed by atoms with Crippen molar-refractivity contribution in [2.24, 2.45) is 0 Å². The highest BCUT2D eigenvalue weighted by Crippen LogP contribution is 2.05. The van der Waals surface area contributed by atoms with Crippen molar-refractivity contribution in [3.63, 3.8) is 0 Å². The Morgan fingerprint density at radius 1 is 0.792 bits per heavy atom. The van der Waals surface area contributed by atoms with E-state index in [1.807, 2.05) is 0 Å². The van der Waals surface area contributed by atoms with Gasteiger partial charge in [-0.2, -0.15) is 0 Å². The third-order valence-electron chi connectivity index (χ3n) is 2.68. The van der Waals surface area contributed by atoms with Gasteiger partial charge in [0.1, 0.15) is 0 Å². The van der Waals surface area contributed by atoms with Crippen LogP contribution in [0.1, 0.15) is 11.1 Å². The van der Waals surface area contributed by atoms with Crippen molar-refractivity contribution >= 4 is 23.8 Å². The van der Waals surface area contributed by atoms with Crippen LogP contribution in [0.5, 0.6) is 0 Å². The van der Waals surface area contributed by atoms with Gasteiger partial charge in [-0.05, 0) is 11.1 Å². The number of carbonyl (C=O) groups is 4. The van der Waals surface area contributed by atoms with Gasteiger partial charge in [-0.25, -0.2) is 9.59 Å². The minimum Gasteiger partial charge on any atom is -0.478 e. The van der Waals surface area contributed by atoms with Crippen LogP contribution in [0.2, 0.25) is 0 Å². The van der Waals surface area contributed by atoms with Crippen molar-refractivity contribution in [3.05, 3.63) is 59.7 Å². The van der Waals surface area contributed by atoms with Gasteiger partial charge in [0, 0.05) is 37.4 Å². The molecule has 1 aromatic rings. The highest BCUT2D eigenvalue weighted by Gasteiger charge is 2.01. The largest absolute Gasteiger partial charge is 0.478 e. The summed E-state index contributed by atoms with van der Waals surface area (Å²) in [7, 11) is 0. The van der Waals surface area contributed by atoms with Gasteiger partial charge < -0.3 is 20.8 Å². The van der Waals surface area contributed by atoms with Crippen molar-refractivity contribution in [3.8, 4) is 0 Å². The van der Waals surface area contributed by atoms with Crippen LogP contribution in [0.4, 0.5) is 0 Å². The number of aliphatic carboxylic acids is 2. The summed E-state index contributed by atoms with van der Waals surface area (Å²) in [5.41, 5.74) is 1.53. The van der Waals surface area contributed by atoms with E-state index in [-0.39, 0.29) is 13.1 Å². The number of rotatable bonds is 8. The van der Waals surface area contributed by atoms with Crippen LogP contribution in [0, 0.1) is 0 Å². The number of benzene rings is 1. The number of hydrogen-bond acceptors (Lipinski definition) is 4. The first-order valence-electron chi connectivity index (χ1n) is 6.82. The Morgan fingerprint density at radius 3 is 1.58 bits per heavy atom. The summed E-state index contributed by atoms with van der Waals surface area (Å²) in [4.78, 5) is 43.3. The normalized spacial score (nSPS) is 10.7. The smallest absolute Gasteiger partial charge is 0.328 e. The summed E-state index contributed by atoms with van der Waals surface area (Å²) in [5.74, 6) is -3.48. The minimum absolute atomic E-state index is 0.198. The Bertz CT molecular complexity index is 638. The maximum absolute atomic E-state index is 11.4. The van der Waals surface area contributed by atoms with E-state index in [9.17, 15) is 19.2 Å². The monoisotopic (exact) mass is 332 g/mol. The molecule has 4 N–H and O–H groups in total. The van der Waals surface area contributed by atoms with E-state index in [1.165, 1.54) is 0 Å². The number of carbonyl (C=O) groups excluding carboxylic acids is 2. The predicted molar refractivity (Wildman–Crippen MR) is 83.7 cm³/mol. The summed E-state index contributed by atoms with van der Waals surface area (Å²) in [5, 5.41) is 21.9. The van der Waals surface area contributed by atoms with Crippen LogP contribution in [0.15, 0.2) is 48.6 Å². The summed E-state index contributed by atoms with van der Waals surface area (Å²) in [6.07, 6.45) is 3.32. The highest BCUT2D eigenvalue weighted by atomic mass is 16.4. The minimum atomic E-state index is -1.21. The van der Waals surface area contributed by atoms with Crippen molar-refractivity contribution in [2.75, 3.05) is 0 Å². The fourth-order valence-corrected chi connectivity index (χ4v) is 1.64. The predicted octanol–water partition coefficient (Wildman–Crippen LogP) is 0.201. The van der Waals surface area contributed by atoms with Crippen LogP contribution in [0.25, 0.3) is 0 Å². The SMILES string of the molecule is O=C(O)C=CC(=O)NCc1cccc(CNC(=O)C=CC(=O)O)c1. The lowest BCUT2D eigenvalue weighted by Crippen LogP contribution is -2.22. The number of carboxylic acid groups (broad SMARTS) is 2. The number of nitrogens with one attached hydrogen (secondary N) is 2. The van der Waals surface area contributed by atoms with Crippen LogP contribution >= 0.6 is 0 Å². The molecular formula is C16H16N2O6. The number of hydrogen-bond donors (Lipinski definition) is 4. The zero-order valence-electron chi connectivity index (χ0n) is 12.6. The molecule has 0 fully saturated rings. The molecule has 126 valence electrons. The lowest BCUT2D eigenvalue weighted by Gasteiger charge is -2.06. The molecule has 8 heteroatoms.